The number of carboxylic acids is 1. The number of halogens is 3. The summed E-state index contributed by atoms with van der Waals surface area (Å²) in [7, 11) is 0.944. The molecule has 0 aliphatic rings. The van der Waals surface area contributed by atoms with Crippen LogP contribution in [-0.2, 0) is 18.0 Å². The van der Waals surface area contributed by atoms with Crippen molar-refractivity contribution >= 4 is 27.6 Å². The zero-order chi connectivity index (χ0) is 27.1. The summed E-state index contributed by atoms with van der Waals surface area (Å²) in [6, 6.07) is 9.86. The second-order valence-electron chi connectivity index (χ2n) is 7.96. The molecule has 2 aromatic heterocycles. The molecule has 0 spiro atoms. The Labute approximate surface area is 211 Å². The molecule has 0 amide bonds. The minimum Gasteiger partial charge on any atom is -0.478 e. The smallest absolute Gasteiger partial charge is 0.431 e. The first-order valence-corrected chi connectivity index (χ1v) is 11.4. The van der Waals surface area contributed by atoms with Gasteiger partial charge in [0.25, 0.3) is 11.7 Å². The van der Waals surface area contributed by atoms with Gasteiger partial charge in [0, 0.05) is 24.1 Å². The number of carboxylic acid groups (broad SMARTS) is 1. The van der Waals surface area contributed by atoms with Crippen LogP contribution in [0.5, 0.6) is 5.75 Å². The van der Waals surface area contributed by atoms with Crippen LogP contribution in [0.1, 0.15) is 18.2 Å². The molecule has 0 saturated carbocycles. The first-order valence-electron chi connectivity index (χ1n) is 10.6. The van der Waals surface area contributed by atoms with E-state index in [1.807, 2.05) is 6.92 Å². The summed E-state index contributed by atoms with van der Waals surface area (Å²) in [4.78, 5) is 36.7. The van der Waals surface area contributed by atoms with E-state index in [9.17, 15) is 32.7 Å². The number of aliphatic carboxylic acids is 1. The van der Waals surface area contributed by atoms with E-state index in [0.717, 1.165) is 24.1 Å². The van der Waals surface area contributed by atoms with Gasteiger partial charge in [-0.05, 0) is 67.2 Å². The largest absolute Gasteiger partial charge is 0.478 e. The summed E-state index contributed by atoms with van der Waals surface area (Å²) < 4.78 is 51.4. The van der Waals surface area contributed by atoms with Crippen molar-refractivity contribution in [2.45, 2.75) is 26.1 Å². The Kier molecular flexibility index (Phi) is 6.66. The van der Waals surface area contributed by atoms with Gasteiger partial charge in [0.2, 0.25) is 0 Å². The van der Waals surface area contributed by atoms with Gasteiger partial charge in [-0.3, -0.25) is 9.36 Å². The van der Waals surface area contributed by atoms with Crippen molar-refractivity contribution in [1.82, 2.24) is 13.5 Å². The average Bonchev–Trinajstić information content (AvgIpc) is 3.24. The monoisotopic (exact) mass is 529 g/mol. The number of alkyl halides is 3. The first-order chi connectivity index (χ1) is 17.4. The van der Waals surface area contributed by atoms with Gasteiger partial charge in [-0.25, -0.2) is 14.2 Å². The van der Waals surface area contributed by atoms with Crippen molar-refractivity contribution in [2.75, 3.05) is 0 Å². The summed E-state index contributed by atoms with van der Waals surface area (Å²) in [5.41, 5.74) is -1.70. The third-order valence-corrected chi connectivity index (χ3v) is 6.37. The van der Waals surface area contributed by atoms with E-state index in [1.54, 1.807) is 24.3 Å². The van der Waals surface area contributed by atoms with Gasteiger partial charge in [-0.2, -0.15) is 17.5 Å². The standard InChI is InChI=1S/C25H18F3N3O5S/c1-4-5-18(23(33)34)36-15-8-6-13(2)16(11-15)22-17-10-14(7-9-19(17)37-29-22)31-21(32)12-20(25(26,27)28)30(3)24(31)35/h6-12,18H,1-3H3,(H,33,34). The molecule has 1 N–H and O–H groups in total. The molecule has 4 aromatic rings. The maximum absolute atomic E-state index is 13.2. The van der Waals surface area contributed by atoms with E-state index in [-0.39, 0.29) is 11.4 Å². The van der Waals surface area contributed by atoms with Crippen LogP contribution >= 0.6 is 11.5 Å². The zero-order valence-corrected chi connectivity index (χ0v) is 20.4. The minimum atomic E-state index is -4.87. The molecular formula is C25H18F3N3O5S. The number of benzene rings is 2. The van der Waals surface area contributed by atoms with Gasteiger partial charge in [-0.1, -0.05) is 6.07 Å². The summed E-state index contributed by atoms with van der Waals surface area (Å²) in [6.07, 6.45) is -6.24. The third-order valence-electron chi connectivity index (χ3n) is 5.54. The Morgan fingerprint density at radius 2 is 1.89 bits per heavy atom. The quantitative estimate of drug-likeness (QED) is 0.392. The van der Waals surface area contributed by atoms with Crippen molar-refractivity contribution in [3.63, 3.8) is 0 Å². The predicted molar refractivity (Wildman–Crippen MR) is 131 cm³/mol. The van der Waals surface area contributed by atoms with E-state index in [1.165, 1.54) is 19.1 Å². The van der Waals surface area contributed by atoms with Crippen molar-refractivity contribution in [3.05, 3.63) is 74.6 Å². The van der Waals surface area contributed by atoms with Gasteiger partial charge in [-0.15, -0.1) is 5.92 Å². The van der Waals surface area contributed by atoms with Crippen LogP contribution in [-0.4, -0.2) is 30.7 Å². The molecule has 8 nitrogen and oxygen atoms in total. The first kappa shape index (κ1) is 25.7. The molecule has 0 aliphatic carbocycles. The third kappa shape index (κ3) is 4.85. The van der Waals surface area contributed by atoms with E-state index < -0.39 is 35.2 Å². The number of hydrogen-bond donors (Lipinski definition) is 1. The number of aryl methyl sites for hydroxylation is 1. The number of rotatable bonds is 5. The highest BCUT2D eigenvalue weighted by Crippen LogP contribution is 2.36. The predicted octanol–water partition coefficient (Wildman–Crippen LogP) is 4.00. The van der Waals surface area contributed by atoms with E-state index in [0.29, 0.717) is 36.5 Å². The second-order valence-corrected chi connectivity index (χ2v) is 8.77. The lowest BCUT2D eigenvalue weighted by atomic mass is 10.0. The van der Waals surface area contributed by atoms with Crippen LogP contribution in [0.3, 0.4) is 0 Å². The molecule has 0 saturated heterocycles. The summed E-state index contributed by atoms with van der Waals surface area (Å²) in [5, 5.41) is 9.87. The van der Waals surface area contributed by atoms with Crippen molar-refractivity contribution in [2.24, 2.45) is 7.05 Å². The molecule has 1 atom stereocenters. The Balaban J connectivity index is 1.85. The SMILES string of the molecule is CC#CC(Oc1ccc(C)c(-c2nsc3ccc(-n4c(=O)cc(C(F)(F)F)n(C)c4=O)cc23)c1)C(=O)O. The minimum absolute atomic E-state index is 0.0718. The van der Waals surface area contributed by atoms with E-state index in [2.05, 4.69) is 16.2 Å². The summed E-state index contributed by atoms with van der Waals surface area (Å²) in [5.74, 6) is 3.96. The molecule has 1 unspecified atom stereocenters. The normalized spacial score (nSPS) is 12.2. The van der Waals surface area contributed by atoms with Crippen molar-refractivity contribution in [1.29, 1.82) is 0 Å². The maximum Gasteiger partial charge on any atom is 0.431 e. The molecule has 0 radical (unpaired) electrons. The van der Waals surface area contributed by atoms with Crippen LogP contribution in [0.15, 0.2) is 52.1 Å². The number of aromatic nitrogens is 3. The van der Waals surface area contributed by atoms with Crippen molar-refractivity contribution < 1.29 is 27.8 Å². The topological polar surface area (TPSA) is 103 Å². The molecule has 2 aromatic carbocycles. The second kappa shape index (κ2) is 9.59. The number of carbonyl (C=O) groups is 1. The molecule has 190 valence electrons. The molecule has 37 heavy (non-hydrogen) atoms. The van der Waals surface area contributed by atoms with Crippen molar-refractivity contribution in [3.8, 4) is 34.5 Å². The number of ether oxygens (including phenoxy) is 1. The lowest BCUT2D eigenvalue weighted by Crippen LogP contribution is -2.40. The van der Waals surface area contributed by atoms with Crippen LogP contribution in [0.2, 0.25) is 0 Å². The highest BCUT2D eigenvalue weighted by Gasteiger charge is 2.35. The highest BCUT2D eigenvalue weighted by atomic mass is 32.1. The molecule has 12 heteroatoms. The van der Waals surface area contributed by atoms with Crippen LogP contribution < -0.4 is 16.0 Å². The van der Waals surface area contributed by atoms with E-state index >= 15 is 0 Å². The van der Waals surface area contributed by atoms with Crippen LogP contribution in [0.25, 0.3) is 27.0 Å². The number of hydrogen-bond acceptors (Lipinski definition) is 6. The molecule has 4 rings (SSSR count). The Morgan fingerprint density at radius 3 is 2.54 bits per heavy atom. The summed E-state index contributed by atoms with van der Waals surface area (Å²) >= 11 is 1.14. The zero-order valence-electron chi connectivity index (χ0n) is 19.6. The number of nitrogens with zero attached hydrogens (tertiary/aromatic N) is 3. The molecule has 2 heterocycles. The fourth-order valence-corrected chi connectivity index (χ4v) is 4.50. The fourth-order valence-electron chi connectivity index (χ4n) is 3.73. The van der Waals surface area contributed by atoms with Gasteiger partial charge >= 0.3 is 17.8 Å². The maximum atomic E-state index is 13.2. The highest BCUT2D eigenvalue weighted by molar-refractivity contribution is 7.13. The van der Waals surface area contributed by atoms with Gasteiger partial charge in [0.1, 0.15) is 11.4 Å². The molecule has 0 aliphatic heterocycles. The molecule has 0 bridgehead atoms. The fraction of sp³-hybridized carbons (Fsp3) is 0.200. The lowest BCUT2D eigenvalue weighted by Gasteiger charge is -2.14. The average molecular weight is 529 g/mol. The molecular weight excluding hydrogens is 511 g/mol. The van der Waals surface area contributed by atoms with Gasteiger partial charge in [0.05, 0.1) is 16.1 Å². The summed E-state index contributed by atoms with van der Waals surface area (Å²) in [6.45, 7) is 3.30. The van der Waals surface area contributed by atoms with E-state index in [4.69, 9.17) is 4.74 Å². The van der Waals surface area contributed by atoms with Gasteiger partial charge in [0.15, 0.2) is 0 Å². The Hall–Kier alpha value is -4.37. The van der Waals surface area contributed by atoms with Crippen LogP contribution in [0.4, 0.5) is 13.2 Å². The van der Waals surface area contributed by atoms with Crippen LogP contribution in [0, 0.1) is 18.8 Å². The molecule has 0 fully saturated rings. The number of fused-ring (bicyclic) bond motifs is 1. The Morgan fingerprint density at radius 1 is 1.16 bits per heavy atom. The van der Waals surface area contributed by atoms with Gasteiger partial charge < -0.3 is 9.84 Å². The lowest BCUT2D eigenvalue weighted by molar-refractivity contribution is -0.144. The Bertz CT molecular complexity index is 1720.